The minimum absolute atomic E-state index is 0.208. The Labute approximate surface area is 78.2 Å². The third-order valence-electron chi connectivity index (χ3n) is 2.28. The van der Waals surface area contributed by atoms with Crippen molar-refractivity contribution in [3.63, 3.8) is 0 Å². The summed E-state index contributed by atoms with van der Waals surface area (Å²) in [4.78, 5) is 11.2. The predicted octanol–water partition coefficient (Wildman–Crippen LogP) is 1.79. The molecule has 0 amide bonds. The molecule has 2 heteroatoms. The lowest BCUT2D eigenvalue weighted by molar-refractivity contribution is 0.0903. The molecule has 1 rings (SSSR count). The third kappa shape index (κ3) is 1.95. The van der Waals surface area contributed by atoms with Crippen LogP contribution in [-0.4, -0.2) is 17.5 Å². The van der Waals surface area contributed by atoms with Gasteiger partial charge in [0.2, 0.25) is 0 Å². The van der Waals surface area contributed by atoms with Crippen LogP contribution in [0.5, 0.6) is 0 Å². The quantitative estimate of drug-likeness (QED) is 0.701. The van der Waals surface area contributed by atoms with E-state index in [1.54, 1.807) is 0 Å². The number of aryl methyl sites for hydroxylation is 3. The van der Waals surface area contributed by atoms with Crippen LogP contribution in [0, 0.1) is 20.8 Å². The Kier molecular flexibility index (Phi) is 2.83. The molecule has 0 heterocycles. The molecule has 0 unspecified atom stereocenters. The number of aliphatic hydroxyl groups excluding tert-OH is 1. The van der Waals surface area contributed by atoms with E-state index in [4.69, 9.17) is 5.11 Å². The van der Waals surface area contributed by atoms with Gasteiger partial charge in [0.05, 0.1) is 0 Å². The van der Waals surface area contributed by atoms with Crippen molar-refractivity contribution in [1.82, 2.24) is 0 Å². The summed E-state index contributed by atoms with van der Waals surface area (Å²) in [6.07, 6.45) is 0. The molecule has 0 aromatic heterocycles. The molecule has 0 aliphatic rings. The lowest BCUT2D eigenvalue weighted by atomic mass is 9.98. The van der Waals surface area contributed by atoms with Gasteiger partial charge < -0.3 is 5.11 Å². The fraction of sp³-hybridized carbons (Fsp3) is 0.364. The fourth-order valence-electron chi connectivity index (χ4n) is 1.35. The average molecular weight is 178 g/mol. The first-order valence-corrected chi connectivity index (χ1v) is 4.28. The molecule has 0 saturated carbocycles. The standard InChI is InChI=1S/C11H14O2/c1-7-4-9(3)10(5-8(7)2)11(13)6-12/h4-5,12H,6H2,1-3H3. The van der Waals surface area contributed by atoms with E-state index in [1.807, 2.05) is 32.9 Å². The second-order valence-corrected chi connectivity index (χ2v) is 3.33. The van der Waals surface area contributed by atoms with Crippen molar-refractivity contribution < 1.29 is 9.90 Å². The highest BCUT2D eigenvalue weighted by atomic mass is 16.3. The molecule has 2 nitrogen and oxygen atoms in total. The van der Waals surface area contributed by atoms with Crippen LogP contribution in [0.1, 0.15) is 27.0 Å². The van der Waals surface area contributed by atoms with Crippen LogP contribution in [0.3, 0.4) is 0 Å². The van der Waals surface area contributed by atoms with Gasteiger partial charge in [0.15, 0.2) is 5.78 Å². The van der Waals surface area contributed by atoms with Gasteiger partial charge in [-0.2, -0.15) is 0 Å². The number of carbonyl (C=O) groups is 1. The van der Waals surface area contributed by atoms with Gasteiger partial charge in [0, 0.05) is 5.56 Å². The molecule has 0 spiro atoms. The Morgan fingerprint density at radius 2 is 1.69 bits per heavy atom. The molecule has 0 aliphatic heterocycles. The summed E-state index contributed by atoms with van der Waals surface area (Å²) in [6.45, 7) is 5.44. The number of Topliss-reactive ketones (excluding diaryl/α,β-unsaturated/α-hetero) is 1. The summed E-state index contributed by atoms with van der Waals surface area (Å²) >= 11 is 0. The van der Waals surface area contributed by atoms with Crippen molar-refractivity contribution in [2.45, 2.75) is 20.8 Å². The molecule has 1 aromatic rings. The van der Waals surface area contributed by atoms with Crippen molar-refractivity contribution in [3.8, 4) is 0 Å². The van der Waals surface area contributed by atoms with Gasteiger partial charge in [-0.15, -0.1) is 0 Å². The highest BCUT2D eigenvalue weighted by Crippen LogP contribution is 2.15. The number of hydrogen-bond acceptors (Lipinski definition) is 2. The van der Waals surface area contributed by atoms with Crippen LogP contribution in [0.25, 0.3) is 0 Å². The summed E-state index contributed by atoms with van der Waals surface area (Å²) in [5.41, 5.74) is 3.82. The molecule has 0 fully saturated rings. The van der Waals surface area contributed by atoms with Crippen LogP contribution in [0.15, 0.2) is 12.1 Å². The summed E-state index contributed by atoms with van der Waals surface area (Å²) in [5.74, 6) is -0.208. The number of hydrogen-bond donors (Lipinski definition) is 1. The Hall–Kier alpha value is -1.15. The molecule has 1 N–H and O–H groups in total. The Bertz CT molecular complexity index is 340. The van der Waals surface area contributed by atoms with E-state index in [9.17, 15) is 4.79 Å². The number of benzene rings is 1. The van der Waals surface area contributed by atoms with E-state index in [0.717, 1.165) is 11.1 Å². The SMILES string of the molecule is Cc1cc(C)c(C(=O)CO)cc1C. The molecule has 13 heavy (non-hydrogen) atoms. The number of ketones is 1. The maximum absolute atomic E-state index is 11.2. The first-order chi connectivity index (χ1) is 6.06. The minimum Gasteiger partial charge on any atom is -0.388 e. The number of rotatable bonds is 2. The molecule has 0 saturated heterocycles. The fourth-order valence-corrected chi connectivity index (χ4v) is 1.35. The van der Waals surface area contributed by atoms with E-state index >= 15 is 0 Å². The summed E-state index contributed by atoms with van der Waals surface area (Å²) in [5, 5.41) is 8.72. The van der Waals surface area contributed by atoms with Gasteiger partial charge in [-0.1, -0.05) is 6.07 Å². The summed E-state index contributed by atoms with van der Waals surface area (Å²) in [6, 6.07) is 3.81. The first kappa shape index (κ1) is 9.93. The molecule has 0 radical (unpaired) electrons. The smallest absolute Gasteiger partial charge is 0.188 e. The Balaban J connectivity index is 3.23. The highest BCUT2D eigenvalue weighted by Gasteiger charge is 2.08. The molecular formula is C11H14O2. The van der Waals surface area contributed by atoms with E-state index in [2.05, 4.69) is 0 Å². The molecule has 1 aromatic carbocycles. The Morgan fingerprint density at radius 1 is 1.15 bits per heavy atom. The summed E-state index contributed by atoms with van der Waals surface area (Å²) in [7, 11) is 0. The number of aliphatic hydroxyl groups is 1. The van der Waals surface area contributed by atoms with E-state index in [-0.39, 0.29) is 5.78 Å². The van der Waals surface area contributed by atoms with Crippen molar-refractivity contribution in [3.05, 3.63) is 34.4 Å². The van der Waals surface area contributed by atoms with E-state index < -0.39 is 6.61 Å². The highest BCUT2D eigenvalue weighted by molar-refractivity contribution is 5.98. The summed E-state index contributed by atoms with van der Waals surface area (Å²) < 4.78 is 0. The van der Waals surface area contributed by atoms with Crippen LogP contribution < -0.4 is 0 Å². The van der Waals surface area contributed by atoms with Crippen LogP contribution in [-0.2, 0) is 0 Å². The van der Waals surface area contributed by atoms with Gasteiger partial charge in [-0.3, -0.25) is 4.79 Å². The van der Waals surface area contributed by atoms with Crippen LogP contribution >= 0.6 is 0 Å². The molecular weight excluding hydrogens is 164 g/mol. The van der Waals surface area contributed by atoms with Crippen molar-refractivity contribution >= 4 is 5.78 Å². The largest absolute Gasteiger partial charge is 0.388 e. The average Bonchev–Trinajstić information content (AvgIpc) is 2.10. The van der Waals surface area contributed by atoms with Crippen molar-refractivity contribution in [1.29, 1.82) is 0 Å². The predicted molar refractivity (Wildman–Crippen MR) is 52.1 cm³/mol. The van der Waals surface area contributed by atoms with Gasteiger partial charge in [0.1, 0.15) is 6.61 Å². The van der Waals surface area contributed by atoms with Gasteiger partial charge in [0.25, 0.3) is 0 Å². The molecule has 0 aliphatic carbocycles. The first-order valence-electron chi connectivity index (χ1n) is 4.28. The van der Waals surface area contributed by atoms with Gasteiger partial charge >= 0.3 is 0 Å². The monoisotopic (exact) mass is 178 g/mol. The van der Waals surface area contributed by atoms with Crippen molar-refractivity contribution in [2.75, 3.05) is 6.61 Å². The van der Waals surface area contributed by atoms with E-state index in [0.29, 0.717) is 5.56 Å². The van der Waals surface area contributed by atoms with Gasteiger partial charge in [-0.25, -0.2) is 0 Å². The second kappa shape index (κ2) is 3.71. The second-order valence-electron chi connectivity index (χ2n) is 3.33. The zero-order valence-electron chi connectivity index (χ0n) is 8.22. The van der Waals surface area contributed by atoms with Crippen molar-refractivity contribution in [2.24, 2.45) is 0 Å². The zero-order valence-corrected chi connectivity index (χ0v) is 8.22. The molecule has 0 bridgehead atoms. The number of carbonyl (C=O) groups excluding carboxylic acids is 1. The lowest BCUT2D eigenvalue weighted by Gasteiger charge is -2.07. The van der Waals surface area contributed by atoms with Crippen LogP contribution in [0.2, 0.25) is 0 Å². The molecule has 0 atom stereocenters. The zero-order chi connectivity index (χ0) is 10.0. The third-order valence-corrected chi connectivity index (χ3v) is 2.28. The lowest BCUT2D eigenvalue weighted by Crippen LogP contribution is -2.07. The Morgan fingerprint density at radius 3 is 2.23 bits per heavy atom. The maximum atomic E-state index is 11.2. The maximum Gasteiger partial charge on any atom is 0.188 e. The normalized spacial score (nSPS) is 10.2. The molecule has 70 valence electrons. The topological polar surface area (TPSA) is 37.3 Å². The van der Waals surface area contributed by atoms with Gasteiger partial charge in [-0.05, 0) is 43.5 Å². The van der Waals surface area contributed by atoms with Crippen LogP contribution in [0.4, 0.5) is 0 Å². The van der Waals surface area contributed by atoms with E-state index in [1.165, 1.54) is 5.56 Å². The minimum atomic E-state index is -0.413.